The Morgan fingerprint density at radius 1 is 0.703 bits per heavy atom. The predicted octanol–water partition coefficient (Wildman–Crippen LogP) is 7.14. The van der Waals surface area contributed by atoms with E-state index in [0.717, 1.165) is 22.6 Å². The maximum absolute atomic E-state index is 15.6. The van der Waals surface area contributed by atoms with Crippen molar-refractivity contribution in [1.82, 2.24) is 50.2 Å². The van der Waals surface area contributed by atoms with Gasteiger partial charge in [-0.15, -0.1) is 0 Å². The van der Waals surface area contributed by atoms with Gasteiger partial charge < -0.3 is 20.4 Å². The Morgan fingerprint density at radius 3 is 2.00 bits per heavy atom. The van der Waals surface area contributed by atoms with Gasteiger partial charge in [0.15, 0.2) is 11.5 Å². The first-order valence-corrected chi connectivity index (χ1v) is 24.5. The number of carbonyl (C=O) groups excluding carboxylic acids is 4. The summed E-state index contributed by atoms with van der Waals surface area (Å²) in [5.41, 5.74) is 4.17. The van der Waals surface area contributed by atoms with Crippen molar-refractivity contribution in [3.63, 3.8) is 0 Å². The molecule has 7 aromatic rings. The monoisotopic (exact) mass is 986 g/mol. The zero-order chi connectivity index (χ0) is 51.1. The molecule has 2 fully saturated rings. The molecule has 16 nitrogen and oxygen atoms in total. The van der Waals surface area contributed by atoms with Gasteiger partial charge in [-0.25, -0.2) is 19.4 Å². The van der Waals surface area contributed by atoms with Gasteiger partial charge in [-0.05, 0) is 90.9 Å². The molecule has 5 aromatic carbocycles. The highest BCUT2D eigenvalue weighted by Crippen LogP contribution is 2.41. The van der Waals surface area contributed by atoms with Gasteiger partial charge in [0.25, 0.3) is 23.6 Å². The van der Waals surface area contributed by atoms with Crippen LogP contribution in [-0.2, 0) is 53.4 Å². The Balaban J connectivity index is 0.893. The molecule has 11 rings (SSSR count). The zero-order valence-corrected chi connectivity index (χ0v) is 40.7. The minimum atomic E-state index is -1.57. The lowest BCUT2D eigenvalue weighted by atomic mass is 9.82. The summed E-state index contributed by atoms with van der Waals surface area (Å²) in [5, 5.41) is 15.9. The van der Waals surface area contributed by atoms with Gasteiger partial charge in [0.1, 0.15) is 17.7 Å². The van der Waals surface area contributed by atoms with Gasteiger partial charge in [0.2, 0.25) is 5.96 Å². The smallest absolute Gasteiger partial charge is 0.265 e. The molecule has 0 radical (unpaired) electrons. The number of aliphatic imine (C=N–C) groups is 1. The maximum atomic E-state index is 15.6. The molecule has 2 saturated heterocycles. The van der Waals surface area contributed by atoms with Crippen LogP contribution in [0, 0.1) is 11.2 Å². The maximum Gasteiger partial charge on any atom is 0.265 e. The zero-order valence-electron chi connectivity index (χ0n) is 40.7. The van der Waals surface area contributed by atoms with Crippen molar-refractivity contribution in [3.05, 3.63) is 226 Å². The molecule has 3 atom stereocenters. The lowest BCUT2D eigenvalue weighted by molar-refractivity contribution is -0.132. The molecule has 74 heavy (non-hydrogen) atoms. The highest BCUT2D eigenvalue weighted by atomic mass is 19.1. The molecule has 0 aliphatic carbocycles. The van der Waals surface area contributed by atoms with E-state index in [1.165, 1.54) is 29.4 Å². The topological polar surface area (TPSA) is 193 Å². The van der Waals surface area contributed by atoms with Crippen molar-refractivity contribution >= 4 is 35.5 Å². The molecular formula is C57H51FN12O4. The normalized spacial score (nSPS) is 19.1. The van der Waals surface area contributed by atoms with Crippen molar-refractivity contribution in [1.29, 1.82) is 5.41 Å². The third-order valence-electron chi connectivity index (χ3n) is 14.5. The number of amides is 4. The highest BCUT2D eigenvalue weighted by molar-refractivity contribution is 6.12. The van der Waals surface area contributed by atoms with E-state index in [1.807, 2.05) is 92.7 Å². The summed E-state index contributed by atoms with van der Waals surface area (Å²) in [6.07, 6.45) is 6.76. The SMILES string of the molecule is CC(CCC1(c2cccc(F)c2)NC(=N)N(Cc2cccc(C(=O)N3Cc4nccnc4C3)c2)C1=O)/N=C1\NC(c2ccccc2)(c2ccccc2)C(=O)N1C(C)c1cccc(C(=O)N2Cc3cncnc3C2)c1. The van der Waals surface area contributed by atoms with Crippen LogP contribution in [0.3, 0.4) is 0 Å². The standard InChI is InChI=1S/C57H51FN12O4/c1-36(22-23-56(45-20-11-21-46(58)28-45)52(73)69(54(59)65-56)30-38-12-9-14-40(26-38)50(71)68-33-48-49(34-68)62-25-24-61-48)64-55-66-57(43-16-5-3-6-17-43,44-18-7-4-8-19-44)53(74)70(55)37(2)39-13-10-15-41(27-39)51(72)67-31-42-29-60-35-63-47(42)32-67/h3-21,24-29,35-37H,22-23,30-34H2,1-2H3,(H2,59,65)(H,64,66). The van der Waals surface area contributed by atoms with Crippen molar-refractivity contribution in [3.8, 4) is 0 Å². The summed E-state index contributed by atoms with van der Waals surface area (Å²) < 4.78 is 15.2. The number of fused-ring (bicyclic) bond motifs is 2. The van der Waals surface area contributed by atoms with E-state index < -0.39 is 34.9 Å². The number of nitrogens with zero attached hydrogens (tertiary/aromatic N) is 9. The minimum absolute atomic E-state index is 0.0306. The number of hydrogen-bond acceptors (Lipinski definition) is 10. The van der Waals surface area contributed by atoms with Crippen molar-refractivity contribution < 1.29 is 23.6 Å². The lowest BCUT2D eigenvalue weighted by Gasteiger charge is -2.30. The molecule has 4 aliphatic rings. The third kappa shape index (κ3) is 8.48. The Labute approximate surface area is 426 Å². The first kappa shape index (κ1) is 47.3. The highest BCUT2D eigenvalue weighted by Gasteiger charge is 2.55. The van der Waals surface area contributed by atoms with Crippen molar-refractivity contribution in [2.75, 3.05) is 0 Å². The second-order valence-electron chi connectivity index (χ2n) is 19.2. The third-order valence-corrected chi connectivity index (χ3v) is 14.5. The van der Waals surface area contributed by atoms with Gasteiger partial charge in [-0.2, -0.15) is 0 Å². The first-order valence-electron chi connectivity index (χ1n) is 24.5. The molecule has 4 aliphatic heterocycles. The van der Waals surface area contributed by atoms with Gasteiger partial charge in [-0.3, -0.25) is 44.4 Å². The molecule has 17 heteroatoms. The number of rotatable bonds is 13. The Morgan fingerprint density at radius 2 is 1.32 bits per heavy atom. The molecule has 3 N–H and O–H groups in total. The molecule has 2 aromatic heterocycles. The average molecular weight is 987 g/mol. The van der Waals surface area contributed by atoms with E-state index in [2.05, 4.69) is 30.6 Å². The Hall–Kier alpha value is -8.99. The van der Waals surface area contributed by atoms with Crippen LogP contribution in [0.4, 0.5) is 4.39 Å². The van der Waals surface area contributed by atoms with Crippen LogP contribution in [0.5, 0.6) is 0 Å². The fourth-order valence-corrected chi connectivity index (χ4v) is 10.6. The predicted molar refractivity (Wildman–Crippen MR) is 272 cm³/mol. The summed E-state index contributed by atoms with van der Waals surface area (Å²) in [6.45, 7) is 5.17. The van der Waals surface area contributed by atoms with Gasteiger partial charge >= 0.3 is 0 Å². The summed E-state index contributed by atoms with van der Waals surface area (Å²) >= 11 is 0. The molecule has 370 valence electrons. The number of guanidine groups is 2. The van der Waals surface area contributed by atoms with Crippen LogP contribution < -0.4 is 10.6 Å². The fourth-order valence-electron chi connectivity index (χ4n) is 10.6. The van der Waals surface area contributed by atoms with Gasteiger partial charge in [0.05, 0.1) is 55.3 Å². The number of halogens is 1. The van der Waals surface area contributed by atoms with Crippen molar-refractivity contribution in [2.24, 2.45) is 4.99 Å². The van der Waals surface area contributed by atoms with E-state index in [-0.39, 0.29) is 49.0 Å². The average Bonchev–Trinajstić information content (AvgIpc) is 4.23. The van der Waals surface area contributed by atoms with E-state index in [0.29, 0.717) is 65.1 Å². The number of aromatic nitrogens is 4. The number of benzene rings is 5. The van der Waals surface area contributed by atoms with Crippen molar-refractivity contribution in [2.45, 2.75) is 82.6 Å². The molecule has 3 unspecified atom stereocenters. The molecule has 0 spiro atoms. The summed E-state index contributed by atoms with van der Waals surface area (Å²) in [4.78, 5) is 87.2. The van der Waals surface area contributed by atoms with Crippen LogP contribution in [0.1, 0.15) is 104 Å². The summed E-state index contributed by atoms with van der Waals surface area (Å²) in [5.74, 6) is -1.57. The fraction of sp³-hybridized carbons (Fsp3) is 0.228. The molecule has 6 heterocycles. The quantitative estimate of drug-likeness (QED) is 0.107. The van der Waals surface area contributed by atoms with E-state index in [4.69, 9.17) is 10.4 Å². The molecule has 4 amide bonds. The van der Waals surface area contributed by atoms with E-state index in [9.17, 15) is 14.4 Å². The first-order chi connectivity index (χ1) is 35.9. The van der Waals surface area contributed by atoms with Crippen LogP contribution in [0.2, 0.25) is 0 Å². The second kappa shape index (κ2) is 19.2. The molecule has 0 bridgehead atoms. The Kier molecular flexibility index (Phi) is 12.3. The number of nitrogens with one attached hydrogen (secondary N) is 3. The molecular weight excluding hydrogens is 936 g/mol. The summed E-state index contributed by atoms with van der Waals surface area (Å²) in [7, 11) is 0. The van der Waals surface area contributed by atoms with Gasteiger partial charge in [0, 0.05) is 41.8 Å². The van der Waals surface area contributed by atoms with E-state index in [1.54, 1.807) is 69.7 Å². The number of carbonyl (C=O) groups is 4. The van der Waals surface area contributed by atoms with Crippen LogP contribution in [0.25, 0.3) is 0 Å². The van der Waals surface area contributed by atoms with Gasteiger partial charge in [-0.1, -0.05) is 97.1 Å². The van der Waals surface area contributed by atoms with Crippen LogP contribution in [0.15, 0.2) is 163 Å². The summed E-state index contributed by atoms with van der Waals surface area (Å²) in [6, 6.07) is 37.8. The van der Waals surface area contributed by atoms with Crippen LogP contribution in [-0.4, -0.2) is 81.1 Å². The second-order valence-corrected chi connectivity index (χ2v) is 19.2. The van der Waals surface area contributed by atoms with Crippen LogP contribution >= 0.6 is 0 Å². The molecule has 0 saturated carbocycles. The largest absolute Gasteiger partial charge is 0.338 e. The van der Waals surface area contributed by atoms with E-state index >= 15 is 9.18 Å². The Bertz CT molecular complexity index is 3300. The number of hydrogen-bond donors (Lipinski definition) is 3. The lowest BCUT2D eigenvalue weighted by Crippen LogP contribution is -2.45. The minimum Gasteiger partial charge on any atom is -0.338 e.